The van der Waals surface area contributed by atoms with Crippen LogP contribution < -0.4 is 4.74 Å². The van der Waals surface area contributed by atoms with Crippen molar-refractivity contribution >= 4 is 10.1 Å². The molecule has 1 aromatic carbocycles. The minimum Gasteiger partial charge on any atom is -0.487 e. The number of halogens is 4. The van der Waals surface area contributed by atoms with Crippen LogP contribution in [0.5, 0.6) is 5.75 Å². The maximum Gasteiger partial charge on any atom is 0.300 e. The number of hydrogen-bond donors (Lipinski definition) is 1. The highest BCUT2D eigenvalue weighted by Crippen LogP contribution is 2.32. The van der Waals surface area contributed by atoms with E-state index in [4.69, 9.17) is 9.29 Å². The average Bonchev–Trinajstić information content (AvgIpc) is 2.65. The van der Waals surface area contributed by atoms with Crippen molar-refractivity contribution in [2.45, 2.75) is 88.9 Å². The second-order valence-electron chi connectivity index (χ2n) is 7.13. The Hall–Kier alpha value is -1.35. The summed E-state index contributed by atoms with van der Waals surface area (Å²) in [6.07, 6.45) is 13.0. The summed E-state index contributed by atoms with van der Waals surface area (Å²) in [4.78, 5) is -2.06. The van der Waals surface area contributed by atoms with Crippen molar-refractivity contribution in [3.8, 4) is 5.75 Å². The van der Waals surface area contributed by atoms with E-state index >= 15 is 0 Å². The van der Waals surface area contributed by atoms with E-state index in [-0.39, 0.29) is 6.61 Å². The van der Waals surface area contributed by atoms with Crippen molar-refractivity contribution in [1.82, 2.24) is 0 Å². The molecular weight excluding hydrogens is 412 g/mol. The van der Waals surface area contributed by atoms with Gasteiger partial charge < -0.3 is 4.74 Å². The van der Waals surface area contributed by atoms with Crippen LogP contribution in [0.4, 0.5) is 17.6 Å². The van der Waals surface area contributed by atoms with Gasteiger partial charge in [-0.15, -0.1) is 0 Å². The highest BCUT2D eigenvalue weighted by molar-refractivity contribution is 7.85. The van der Waals surface area contributed by atoms with Crippen LogP contribution in [0.25, 0.3) is 0 Å². The van der Waals surface area contributed by atoms with Crippen LogP contribution in [0.2, 0.25) is 0 Å². The summed E-state index contributed by atoms with van der Waals surface area (Å²) in [5.41, 5.74) is 0. The third-order valence-corrected chi connectivity index (χ3v) is 5.56. The molecule has 0 heterocycles. The van der Waals surface area contributed by atoms with Crippen LogP contribution in [-0.4, -0.2) is 19.6 Å². The fourth-order valence-electron chi connectivity index (χ4n) is 3.06. The predicted octanol–water partition coefficient (Wildman–Crippen LogP) is 6.57. The summed E-state index contributed by atoms with van der Waals surface area (Å²) in [6, 6.07) is 0. The number of unbranched alkanes of at least 4 members (excludes halogenated alkanes) is 11. The van der Waals surface area contributed by atoms with Gasteiger partial charge in [0.05, 0.1) is 6.61 Å². The van der Waals surface area contributed by atoms with E-state index < -0.39 is 44.0 Å². The van der Waals surface area contributed by atoms with E-state index in [9.17, 15) is 26.0 Å². The maximum absolute atomic E-state index is 13.8. The Labute approximate surface area is 170 Å². The molecule has 1 rings (SSSR count). The van der Waals surface area contributed by atoms with Crippen molar-refractivity contribution in [3.05, 3.63) is 23.3 Å². The van der Waals surface area contributed by atoms with Gasteiger partial charge in [0.1, 0.15) is 0 Å². The zero-order chi connectivity index (χ0) is 21.9. The minimum atomic E-state index is -5.46. The molecule has 0 aromatic heterocycles. The van der Waals surface area contributed by atoms with Gasteiger partial charge in [0.2, 0.25) is 11.6 Å². The molecule has 0 aliphatic carbocycles. The van der Waals surface area contributed by atoms with E-state index in [2.05, 4.69) is 6.92 Å². The van der Waals surface area contributed by atoms with E-state index in [1.807, 2.05) is 0 Å². The second kappa shape index (κ2) is 13.1. The Morgan fingerprint density at radius 1 is 0.690 bits per heavy atom. The van der Waals surface area contributed by atoms with Crippen LogP contribution in [0.1, 0.15) is 84.0 Å². The molecule has 0 fully saturated rings. The van der Waals surface area contributed by atoms with Crippen LogP contribution in [-0.2, 0) is 10.1 Å². The first-order valence-corrected chi connectivity index (χ1v) is 11.6. The number of benzene rings is 1. The molecular formula is C20H30F4O4S. The van der Waals surface area contributed by atoms with Gasteiger partial charge in [-0.2, -0.15) is 17.2 Å². The van der Waals surface area contributed by atoms with Gasteiger partial charge >= 0.3 is 10.1 Å². The molecule has 29 heavy (non-hydrogen) atoms. The molecule has 1 N–H and O–H groups in total. The van der Waals surface area contributed by atoms with E-state index in [0.29, 0.717) is 6.42 Å². The Bertz CT molecular complexity index is 709. The molecule has 0 unspecified atom stereocenters. The zero-order valence-corrected chi connectivity index (χ0v) is 17.6. The highest BCUT2D eigenvalue weighted by atomic mass is 32.2. The van der Waals surface area contributed by atoms with E-state index in [1.54, 1.807) is 0 Å². The molecule has 0 spiro atoms. The van der Waals surface area contributed by atoms with Crippen molar-refractivity contribution in [3.63, 3.8) is 0 Å². The molecule has 0 atom stereocenters. The van der Waals surface area contributed by atoms with Crippen molar-refractivity contribution in [2.24, 2.45) is 0 Å². The predicted molar refractivity (Wildman–Crippen MR) is 103 cm³/mol. The van der Waals surface area contributed by atoms with Crippen molar-refractivity contribution < 1.29 is 35.3 Å². The Morgan fingerprint density at radius 2 is 1.07 bits per heavy atom. The molecule has 0 aliphatic rings. The van der Waals surface area contributed by atoms with Crippen LogP contribution in [0.15, 0.2) is 4.90 Å². The Morgan fingerprint density at radius 3 is 1.45 bits per heavy atom. The summed E-state index contributed by atoms with van der Waals surface area (Å²) in [6.45, 7) is 2.02. The first-order chi connectivity index (χ1) is 13.7. The van der Waals surface area contributed by atoms with Crippen molar-refractivity contribution in [1.29, 1.82) is 0 Å². The first kappa shape index (κ1) is 25.7. The third-order valence-electron chi connectivity index (χ3n) is 4.69. The standard InChI is InChI=1S/C20H30F4O4S/c1-2-3-4-5-6-7-8-9-10-11-12-13-14-28-19-15(21)17(23)20(29(25,26)27)18(24)16(19)22/h2-14H2,1H3,(H,25,26,27). The van der Waals surface area contributed by atoms with Crippen LogP contribution in [0, 0.1) is 23.3 Å². The third kappa shape index (κ3) is 8.50. The largest absolute Gasteiger partial charge is 0.487 e. The van der Waals surface area contributed by atoms with Crippen LogP contribution in [0.3, 0.4) is 0 Å². The summed E-state index contributed by atoms with van der Waals surface area (Å²) >= 11 is 0. The molecule has 0 bridgehead atoms. The van der Waals surface area contributed by atoms with Gasteiger partial charge in [-0.25, -0.2) is 8.78 Å². The highest BCUT2D eigenvalue weighted by Gasteiger charge is 2.33. The van der Waals surface area contributed by atoms with Gasteiger partial charge in [-0.3, -0.25) is 4.55 Å². The monoisotopic (exact) mass is 442 g/mol. The molecule has 1 aromatic rings. The van der Waals surface area contributed by atoms with Crippen LogP contribution >= 0.6 is 0 Å². The molecule has 0 aliphatic heterocycles. The molecule has 168 valence electrons. The molecule has 9 heteroatoms. The van der Waals surface area contributed by atoms with Gasteiger partial charge in [0.25, 0.3) is 0 Å². The number of ether oxygens (including phenoxy) is 1. The smallest absolute Gasteiger partial charge is 0.300 e. The molecule has 0 saturated heterocycles. The lowest BCUT2D eigenvalue weighted by Crippen LogP contribution is -2.12. The SMILES string of the molecule is CCCCCCCCCCCCCCOc1c(F)c(F)c(S(=O)(=O)O)c(F)c1F. The van der Waals surface area contributed by atoms with Gasteiger partial charge in [0.15, 0.2) is 22.3 Å². The fourth-order valence-corrected chi connectivity index (χ4v) is 3.69. The molecule has 0 amide bonds. The van der Waals surface area contributed by atoms with Gasteiger partial charge in [0, 0.05) is 0 Å². The molecule has 4 nitrogen and oxygen atoms in total. The van der Waals surface area contributed by atoms with Gasteiger partial charge in [-0.1, -0.05) is 77.6 Å². The minimum absolute atomic E-state index is 0.171. The number of hydrogen-bond acceptors (Lipinski definition) is 3. The summed E-state index contributed by atoms with van der Waals surface area (Å²) in [5, 5.41) is 0. The second-order valence-corrected chi connectivity index (χ2v) is 8.49. The summed E-state index contributed by atoms with van der Waals surface area (Å²) in [7, 11) is -5.46. The molecule has 0 saturated carbocycles. The summed E-state index contributed by atoms with van der Waals surface area (Å²) < 4.78 is 90.2. The Kier molecular flexibility index (Phi) is 11.6. The molecule has 0 radical (unpaired) electrons. The topological polar surface area (TPSA) is 63.6 Å². The first-order valence-electron chi connectivity index (χ1n) is 10.2. The number of rotatable bonds is 15. The lowest BCUT2D eigenvalue weighted by atomic mass is 10.1. The van der Waals surface area contributed by atoms with E-state index in [1.165, 1.54) is 44.9 Å². The Balaban J connectivity index is 2.31. The lowest BCUT2D eigenvalue weighted by Gasteiger charge is -2.11. The fraction of sp³-hybridized carbons (Fsp3) is 0.700. The summed E-state index contributed by atoms with van der Waals surface area (Å²) in [5.74, 6) is -9.73. The quantitative estimate of drug-likeness (QED) is 0.144. The maximum atomic E-state index is 13.8. The van der Waals surface area contributed by atoms with Gasteiger partial charge in [-0.05, 0) is 6.42 Å². The van der Waals surface area contributed by atoms with E-state index in [0.717, 1.165) is 25.7 Å². The lowest BCUT2D eigenvalue weighted by molar-refractivity contribution is 0.258. The average molecular weight is 443 g/mol. The van der Waals surface area contributed by atoms with Crippen molar-refractivity contribution in [2.75, 3.05) is 6.61 Å². The normalized spacial score (nSPS) is 11.8. The zero-order valence-electron chi connectivity index (χ0n) is 16.8.